The predicted octanol–water partition coefficient (Wildman–Crippen LogP) is 3.96. The molecule has 0 spiro atoms. The molecule has 5 rings (SSSR count). The summed E-state index contributed by atoms with van der Waals surface area (Å²) in [5.74, 6) is -4.68. The third-order valence-electron chi connectivity index (χ3n) is 5.78. The lowest BCUT2D eigenvalue weighted by molar-refractivity contribution is -0.138. The number of carbonyl (C=O) groups excluding carboxylic acids is 2. The van der Waals surface area contributed by atoms with E-state index in [-0.39, 0.29) is 29.8 Å². The third-order valence-corrected chi connectivity index (χ3v) is 6.07. The van der Waals surface area contributed by atoms with Gasteiger partial charge < -0.3 is 14.7 Å². The summed E-state index contributed by atoms with van der Waals surface area (Å²) in [6.45, 7) is 2.67. The van der Waals surface area contributed by atoms with Gasteiger partial charge in [0.25, 0.3) is 11.8 Å². The lowest BCUT2D eigenvalue weighted by Gasteiger charge is -2.35. The van der Waals surface area contributed by atoms with Crippen molar-refractivity contribution in [2.45, 2.75) is 18.3 Å². The molecule has 0 aromatic carbocycles. The summed E-state index contributed by atoms with van der Waals surface area (Å²) >= 11 is 6.07. The number of piperidine rings is 1. The Bertz CT molecular complexity index is 1500. The van der Waals surface area contributed by atoms with Crippen LogP contribution in [0.4, 0.5) is 14.6 Å². The maximum Gasteiger partial charge on any atom is 0.275 e. The van der Waals surface area contributed by atoms with Crippen LogP contribution in [-0.4, -0.2) is 66.0 Å². The van der Waals surface area contributed by atoms with Gasteiger partial charge in [0.05, 0.1) is 29.4 Å². The van der Waals surface area contributed by atoms with Crippen LogP contribution >= 0.6 is 11.6 Å². The minimum atomic E-state index is -3.10. The number of rotatable bonds is 6. The van der Waals surface area contributed by atoms with Crippen LogP contribution < -0.4 is 5.32 Å². The number of nitrogens with one attached hydrogen (secondary N) is 2. The Balaban J connectivity index is 1.27. The summed E-state index contributed by atoms with van der Waals surface area (Å²) < 4.78 is 33.7. The van der Waals surface area contributed by atoms with Crippen molar-refractivity contribution in [3.8, 4) is 22.8 Å². The largest absolute Gasteiger partial charge is 0.339 e. The molecule has 194 valence electrons. The van der Waals surface area contributed by atoms with Crippen molar-refractivity contribution in [3.63, 3.8) is 0 Å². The van der Waals surface area contributed by atoms with Gasteiger partial charge in [0, 0.05) is 24.7 Å². The molecule has 2 N–H and O–H groups in total. The highest BCUT2D eigenvalue weighted by Crippen LogP contribution is 2.36. The molecule has 1 unspecified atom stereocenters. The zero-order chi connectivity index (χ0) is 26.9. The normalized spacial score (nSPS) is 16.7. The second kappa shape index (κ2) is 10.1. The minimum absolute atomic E-state index is 0.00705. The fraction of sp³-hybridized carbons (Fsp3) is 0.208. The lowest BCUT2D eigenvalue weighted by atomic mass is 9.95. The van der Waals surface area contributed by atoms with E-state index in [9.17, 15) is 18.4 Å². The number of aromatic amines is 1. The van der Waals surface area contributed by atoms with Gasteiger partial charge in [0.2, 0.25) is 17.6 Å². The van der Waals surface area contributed by atoms with Crippen molar-refractivity contribution >= 4 is 29.2 Å². The predicted molar refractivity (Wildman–Crippen MR) is 131 cm³/mol. The maximum absolute atomic E-state index is 14.2. The number of nitrogens with zero attached hydrogens (tertiary/aromatic N) is 6. The van der Waals surface area contributed by atoms with Crippen molar-refractivity contribution in [1.29, 1.82) is 0 Å². The molecule has 4 aromatic rings. The number of aromatic nitrogens is 6. The molecule has 0 bridgehead atoms. The van der Waals surface area contributed by atoms with E-state index in [0.29, 0.717) is 22.0 Å². The van der Waals surface area contributed by atoms with Crippen LogP contribution in [0.15, 0.2) is 59.9 Å². The molecular formula is C24H19ClF2N8O3. The number of halogens is 3. The third kappa shape index (κ3) is 5.27. The van der Waals surface area contributed by atoms with E-state index in [1.54, 1.807) is 18.2 Å². The van der Waals surface area contributed by atoms with Gasteiger partial charge in [-0.05, 0) is 30.3 Å². The zero-order valence-electron chi connectivity index (χ0n) is 19.6. The molecule has 0 aliphatic carbocycles. The quantitative estimate of drug-likeness (QED) is 0.350. The van der Waals surface area contributed by atoms with Gasteiger partial charge in [-0.25, -0.2) is 18.7 Å². The van der Waals surface area contributed by atoms with Gasteiger partial charge in [-0.2, -0.15) is 10.1 Å². The maximum atomic E-state index is 14.2. The van der Waals surface area contributed by atoms with Gasteiger partial charge in [-0.15, -0.1) is 0 Å². The van der Waals surface area contributed by atoms with Crippen LogP contribution in [0.3, 0.4) is 0 Å². The fourth-order valence-corrected chi connectivity index (χ4v) is 4.20. The Kier molecular flexibility index (Phi) is 6.68. The van der Waals surface area contributed by atoms with E-state index in [0.717, 1.165) is 11.0 Å². The van der Waals surface area contributed by atoms with Crippen LogP contribution in [0, 0.1) is 0 Å². The molecule has 1 saturated heterocycles. The Labute approximate surface area is 218 Å². The molecule has 2 amide bonds. The number of alkyl halides is 2. The topological polar surface area (TPSA) is 143 Å². The second-order valence-electron chi connectivity index (χ2n) is 8.52. The van der Waals surface area contributed by atoms with Gasteiger partial charge in [0.15, 0.2) is 0 Å². The van der Waals surface area contributed by atoms with Crippen molar-refractivity contribution in [2.24, 2.45) is 0 Å². The van der Waals surface area contributed by atoms with Gasteiger partial charge in [0.1, 0.15) is 17.2 Å². The lowest BCUT2D eigenvalue weighted by Crippen LogP contribution is -2.48. The molecule has 38 heavy (non-hydrogen) atoms. The van der Waals surface area contributed by atoms with E-state index in [2.05, 4.69) is 42.2 Å². The summed E-state index contributed by atoms with van der Waals surface area (Å²) in [4.78, 5) is 38.3. The van der Waals surface area contributed by atoms with Crippen LogP contribution in [0.2, 0.25) is 5.02 Å². The van der Waals surface area contributed by atoms with Crippen LogP contribution in [0.25, 0.3) is 22.8 Å². The van der Waals surface area contributed by atoms with Crippen LogP contribution in [0.1, 0.15) is 28.7 Å². The molecule has 4 aromatic heterocycles. The zero-order valence-corrected chi connectivity index (χ0v) is 20.3. The average Bonchev–Trinajstić information content (AvgIpc) is 3.57. The van der Waals surface area contributed by atoms with Gasteiger partial charge in [-0.1, -0.05) is 29.4 Å². The first-order chi connectivity index (χ1) is 18.2. The first kappa shape index (κ1) is 25.1. The molecule has 14 heteroatoms. The van der Waals surface area contributed by atoms with E-state index in [1.165, 1.54) is 24.5 Å². The van der Waals surface area contributed by atoms with E-state index in [4.69, 9.17) is 16.1 Å². The standard InChI is InChI=1S/C24H19ClF2N8O3/c1-2-19(36)35-11-14(8-24(26,27)12-35)23-32-21(34-38-23)13-6-7-18(28-9-13)31-22(37)17-5-3-4-16(30-17)20-15(25)10-29-33-20/h2-7,9-10,14H,1,8,11-12H2,(H,29,33)(H,28,31,37). The van der Waals surface area contributed by atoms with E-state index in [1.807, 2.05) is 0 Å². The molecule has 11 nitrogen and oxygen atoms in total. The molecule has 1 aliphatic heterocycles. The molecule has 5 heterocycles. The highest BCUT2D eigenvalue weighted by atomic mass is 35.5. The van der Waals surface area contributed by atoms with Crippen molar-refractivity contribution in [2.75, 3.05) is 18.4 Å². The Morgan fingerprint density at radius 3 is 2.79 bits per heavy atom. The summed E-state index contributed by atoms with van der Waals surface area (Å²) in [5, 5.41) is 13.5. The Morgan fingerprint density at radius 2 is 2.08 bits per heavy atom. The minimum Gasteiger partial charge on any atom is -0.339 e. The van der Waals surface area contributed by atoms with Crippen molar-refractivity contribution < 1.29 is 22.9 Å². The average molecular weight is 541 g/mol. The number of pyridine rings is 2. The molecule has 1 fully saturated rings. The van der Waals surface area contributed by atoms with Crippen LogP contribution in [0.5, 0.6) is 0 Å². The summed E-state index contributed by atoms with van der Waals surface area (Å²) in [6, 6.07) is 8.00. The van der Waals surface area contributed by atoms with Gasteiger partial charge >= 0.3 is 0 Å². The molecule has 1 atom stereocenters. The second-order valence-corrected chi connectivity index (χ2v) is 8.93. The number of likely N-dealkylation sites (tertiary alicyclic amines) is 1. The van der Waals surface area contributed by atoms with E-state index < -0.39 is 36.6 Å². The van der Waals surface area contributed by atoms with Gasteiger partial charge in [-0.3, -0.25) is 14.7 Å². The number of amides is 2. The first-order valence-corrected chi connectivity index (χ1v) is 11.7. The fourth-order valence-electron chi connectivity index (χ4n) is 4.01. The van der Waals surface area contributed by atoms with Crippen molar-refractivity contribution in [3.05, 3.63) is 72.0 Å². The SMILES string of the molecule is C=CC(=O)N1CC(c2nc(-c3ccc(NC(=O)c4cccc(-c5[nH]ncc5Cl)n4)nc3)no2)CC(F)(F)C1. The number of H-pyrrole nitrogens is 1. The monoisotopic (exact) mass is 540 g/mol. The van der Waals surface area contributed by atoms with Crippen molar-refractivity contribution in [1.82, 2.24) is 35.2 Å². The Morgan fingerprint density at radius 1 is 1.24 bits per heavy atom. The van der Waals surface area contributed by atoms with E-state index >= 15 is 0 Å². The first-order valence-electron chi connectivity index (χ1n) is 11.3. The molecule has 0 radical (unpaired) electrons. The summed E-state index contributed by atoms with van der Waals surface area (Å²) in [6.07, 6.45) is 3.31. The number of carbonyl (C=O) groups is 2. The number of hydrogen-bond acceptors (Lipinski definition) is 8. The van der Waals surface area contributed by atoms with Crippen LogP contribution in [-0.2, 0) is 4.79 Å². The summed E-state index contributed by atoms with van der Waals surface area (Å²) in [7, 11) is 0. The number of anilines is 1. The molecule has 1 aliphatic rings. The molecule has 0 saturated carbocycles. The highest BCUT2D eigenvalue weighted by molar-refractivity contribution is 6.32. The summed E-state index contributed by atoms with van der Waals surface area (Å²) in [5.41, 5.74) is 1.51. The molecular weight excluding hydrogens is 522 g/mol. The number of hydrogen-bond donors (Lipinski definition) is 2. The smallest absolute Gasteiger partial charge is 0.275 e. The Hall–Kier alpha value is -4.52. The highest BCUT2D eigenvalue weighted by Gasteiger charge is 2.44.